The third-order valence-corrected chi connectivity index (χ3v) is 4.31. The number of carbonyl (C=O) groups excluding carboxylic acids is 1. The molecule has 1 aliphatic heterocycles. The van der Waals surface area contributed by atoms with Crippen LogP contribution >= 0.6 is 12.4 Å². The number of nitrogens with one attached hydrogen (secondary N) is 3. The van der Waals surface area contributed by atoms with Crippen LogP contribution < -0.4 is 15.4 Å². The van der Waals surface area contributed by atoms with Crippen molar-refractivity contribution >= 4 is 18.3 Å². The van der Waals surface area contributed by atoms with E-state index in [1.165, 1.54) is 18.3 Å². The largest absolute Gasteiger partial charge is 0.435 e. The average Bonchev–Trinajstić information content (AvgIpc) is 3.06. The SMILES string of the molecule is CC1NCCCC1NC(=O)c1cn[nH]c1-c1cccc(OC(F)F)c1.Cl. The molecule has 142 valence electrons. The number of halogens is 3. The molecule has 6 nitrogen and oxygen atoms in total. The Morgan fingerprint density at radius 1 is 1.42 bits per heavy atom. The van der Waals surface area contributed by atoms with Gasteiger partial charge in [-0.15, -0.1) is 12.4 Å². The maximum absolute atomic E-state index is 12.6. The molecular formula is C17H21ClF2N4O2. The van der Waals surface area contributed by atoms with E-state index < -0.39 is 6.61 Å². The van der Waals surface area contributed by atoms with Crippen molar-refractivity contribution in [1.82, 2.24) is 20.8 Å². The van der Waals surface area contributed by atoms with Gasteiger partial charge in [-0.25, -0.2) is 0 Å². The van der Waals surface area contributed by atoms with Crippen LogP contribution in [0.5, 0.6) is 5.75 Å². The highest BCUT2D eigenvalue weighted by molar-refractivity contribution is 6.00. The second-order valence-corrected chi connectivity index (χ2v) is 6.03. The fraction of sp³-hybridized carbons (Fsp3) is 0.412. The second kappa shape index (κ2) is 8.95. The fourth-order valence-corrected chi connectivity index (χ4v) is 2.99. The molecule has 1 aromatic heterocycles. The molecule has 2 atom stereocenters. The number of amides is 1. The van der Waals surface area contributed by atoms with Crippen LogP contribution in [0.15, 0.2) is 30.5 Å². The van der Waals surface area contributed by atoms with Crippen LogP contribution in [0.3, 0.4) is 0 Å². The summed E-state index contributed by atoms with van der Waals surface area (Å²) in [6.07, 6.45) is 3.34. The maximum atomic E-state index is 12.6. The van der Waals surface area contributed by atoms with Gasteiger partial charge in [-0.3, -0.25) is 9.89 Å². The number of hydrogen-bond acceptors (Lipinski definition) is 4. The van der Waals surface area contributed by atoms with Gasteiger partial charge in [-0.2, -0.15) is 13.9 Å². The molecule has 0 spiro atoms. The third kappa shape index (κ3) is 4.70. The summed E-state index contributed by atoms with van der Waals surface area (Å²) in [6, 6.07) is 6.40. The van der Waals surface area contributed by atoms with Gasteiger partial charge >= 0.3 is 6.61 Å². The highest BCUT2D eigenvalue weighted by atomic mass is 35.5. The first-order valence-corrected chi connectivity index (χ1v) is 8.17. The molecular weight excluding hydrogens is 366 g/mol. The van der Waals surface area contributed by atoms with Crippen molar-refractivity contribution in [3.8, 4) is 17.0 Å². The quantitative estimate of drug-likeness (QED) is 0.738. The van der Waals surface area contributed by atoms with Crippen molar-refractivity contribution in [1.29, 1.82) is 0 Å². The van der Waals surface area contributed by atoms with E-state index in [0.717, 1.165) is 19.4 Å². The first kappa shape index (κ1) is 20.1. The molecule has 3 N–H and O–H groups in total. The number of aromatic nitrogens is 2. The van der Waals surface area contributed by atoms with E-state index in [0.29, 0.717) is 16.8 Å². The Kier molecular flexibility index (Phi) is 6.93. The highest BCUT2D eigenvalue weighted by Crippen LogP contribution is 2.26. The topological polar surface area (TPSA) is 79.0 Å². The molecule has 26 heavy (non-hydrogen) atoms. The average molecular weight is 387 g/mol. The monoisotopic (exact) mass is 386 g/mol. The van der Waals surface area contributed by atoms with E-state index in [1.807, 2.05) is 6.92 Å². The maximum Gasteiger partial charge on any atom is 0.387 e. The number of H-pyrrole nitrogens is 1. The number of piperidine rings is 1. The molecule has 2 heterocycles. The molecule has 2 unspecified atom stereocenters. The lowest BCUT2D eigenvalue weighted by Gasteiger charge is -2.30. The van der Waals surface area contributed by atoms with Crippen molar-refractivity contribution in [2.24, 2.45) is 0 Å². The molecule has 1 aromatic carbocycles. The zero-order chi connectivity index (χ0) is 17.8. The first-order valence-electron chi connectivity index (χ1n) is 8.17. The van der Waals surface area contributed by atoms with Gasteiger partial charge in [0, 0.05) is 17.6 Å². The van der Waals surface area contributed by atoms with Gasteiger partial charge in [0.05, 0.1) is 17.5 Å². The molecule has 0 saturated carbocycles. The Morgan fingerprint density at radius 2 is 2.23 bits per heavy atom. The van der Waals surface area contributed by atoms with E-state index >= 15 is 0 Å². The minimum absolute atomic E-state index is 0. The predicted octanol–water partition coefficient (Wildman–Crippen LogP) is 2.97. The summed E-state index contributed by atoms with van der Waals surface area (Å²) < 4.78 is 29.2. The zero-order valence-corrected chi connectivity index (χ0v) is 15.0. The molecule has 0 radical (unpaired) electrons. The van der Waals surface area contributed by atoms with E-state index in [2.05, 4.69) is 25.6 Å². The van der Waals surface area contributed by atoms with Crippen molar-refractivity contribution < 1.29 is 18.3 Å². The van der Waals surface area contributed by atoms with Crippen LogP contribution in [-0.2, 0) is 0 Å². The highest BCUT2D eigenvalue weighted by Gasteiger charge is 2.24. The number of carbonyl (C=O) groups is 1. The van der Waals surface area contributed by atoms with Crippen molar-refractivity contribution in [3.05, 3.63) is 36.0 Å². The van der Waals surface area contributed by atoms with E-state index in [9.17, 15) is 13.6 Å². The smallest absolute Gasteiger partial charge is 0.387 e. The summed E-state index contributed by atoms with van der Waals surface area (Å²) >= 11 is 0. The molecule has 1 amide bonds. The van der Waals surface area contributed by atoms with Crippen LogP contribution in [0.25, 0.3) is 11.3 Å². The number of aromatic amines is 1. The van der Waals surface area contributed by atoms with Gasteiger partial charge in [-0.1, -0.05) is 12.1 Å². The lowest BCUT2D eigenvalue weighted by atomic mass is 9.99. The lowest BCUT2D eigenvalue weighted by molar-refractivity contribution is -0.0498. The van der Waals surface area contributed by atoms with E-state index in [1.54, 1.807) is 12.1 Å². The van der Waals surface area contributed by atoms with E-state index in [-0.39, 0.29) is 36.1 Å². The number of nitrogens with zero attached hydrogens (tertiary/aromatic N) is 1. The van der Waals surface area contributed by atoms with Crippen molar-refractivity contribution in [2.45, 2.75) is 38.5 Å². The molecule has 1 fully saturated rings. The van der Waals surface area contributed by atoms with Gasteiger partial charge in [0.15, 0.2) is 0 Å². The Bertz CT molecular complexity index is 741. The van der Waals surface area contributed by atoms with Crippen LogP contribution in [0.1, 0.15) is 30.1 Å². The molecule has 1 aliphatic rings. The molecule has 0 bridgehead atoms. The van der Waals surface area contributed by atoms with Crippen LogP contribution in [0.2, 0.25) is 0 Å². The third-order valence-electron chi connectivity index (χ3n) is 4.31. The molecule has 1 saturated heterocycles. The first-order chi connectivity index (χ1) is 12.0. The van der Waals surface area contributed by atoms with Gasteiger partial charge in [0.1, 0.15) is 5.75 Å². The van der Waals surface area contributed by atoms with Gasteiger partial charge in [0.2, 0.25) is 0 Å². The van der Waals surface area contributed by atoms with Gasteiger partial charge in [-0.05, 0) is 38.4 Å². The van der Waals surface area contributed by atoms with Crippen LogP contribution in [-0.4, -0.2) is 41.3 Å². The number of ether oxygens (including phenoxy) is 1. The number of hydrogen-bond donors (Lipinski definition) is 3. The summed E-state index contributed by atoms with van der Waals surface area (Å²) in [5.74, 6) is -0.219. The van der Waals surface area contributed by atoms with Gasteiger partial charge in [0.25, 0.3) is 5.91 Å². The Hall–Kier alpha value is -2.19. The van der Waals surface area contributed by atoms with Crippen LogP contribution in [0.4, 0.5) is 8.78 Å². The normalized spacial score (nSPS) is 19.7. The predicted molar refractivity (Wildman–Crippen MR) is 95.9 cm³/mol. The summed E-state index contributed by atoms with van der Waals surface area (Å²) in [7, 11) is 0. The number of benzene rings is 1. The van der Waals surface area contributed by atoms with Crippen molar-refractivity contribution in [3.63, 3.8) is 0 Å². The summed E-state index contributed by atoms with van der Waals surface area (Å²) in [5, 5.41) is 13.0. The Morgan fingerprint density at radius 3 is 2.96 bits per heavy atom. The fourth-order valence-electron chi connectivity index (χ4n) is 2.99. The van der Waals surface area contributed by atoms with Crippen LogP contribution in [0, 0.1) is 0 Å². The number of rotatable bonds is 5. The molecule has 3 rings (SSSR count). The Balaban J connectivity index is 0.00000243. The standard InChI is InChI=1S/C17H20F2N4O2.ClH/c1-10-14(6-3-7-20-10)22-16(24)13-9-21-23-15(13)11-4-2-5-12(8-11)25-17(18)19;/h2,4-5,8-10,14,17,20H,3,6-7H2,1H3,(H,21,23)(H,22,24);1H. The van der Waals surface area contributed by atoms with Crippen molar-refractivity contribution in [2.75, 3.05) is 6.54 Å². The molecule has 0 aliphatic carbocycles. The number of alkyl halides is 2. The minimum Gasteiger partial charge on any atom is -0.435 e. The summed E-state index contributed by atoms with van der Waals surface area (Å²) in [6.45, 7) is 0.0764. The molecule has 9 heteroatoms. The van der Waals surface area contributed by atoms with Gasteiger partial charge < -0.3 is 15.4 Å². The lowest BCUT2D eigenvalue weighted by Crippen LogP contribution is -2.51. The zero-order valence-electron chi connectivity index (χ0n) is 14.2. The second-order valence-electron chi connectivity index (χ2n) is 6.03. The Labute approximate surface area is 156 Å². The summed E-state index contributed by atoms with van der Waals surface area (Å²) in [5.41, 5.74) is 1.39. The summed E-state index contributed by atoms with van der Waals surface area (Å²) in [4.78, 5) is 12.6. The minimum atomic E-state index is -2.90. The van der Waals surface area contributed by atoms with E-state index in [4.69, 9.17) is 0 Å². The molecule has 2 aromatic rings.